The first-order valence-corrected chi connectivity index (χ1v) is 6.95. The van der Waals surface area contributed by atoms with E-state index in [0.717, 1.165) is 37.2 Å². The van der Waals surface area contributed by atoms with Crippen molar-refractivity contribution in [3.63, 3.8) is 0 Å². The second-order valence-electron chi connectivity index (χ2n) is 5.14. The lowest BCUT2D eigenvalue weighted by atomic mass is 10.00. The van der Waals surface area contributed by atoms with Crippen molar-refractivity contribution in [2.45, 2.75) is 19.8 Å². The molecule has 0 atom stereocenters. The van der Waals surface area contributed by atoms with E-state index in [2.05, 4.69) is 24.1 Å². The molecule has 106 valence electrons. The van der Waals surface area contributed by atoms with Crippen LogP contribution in [-0.4, -0.2) is 35.7 Å². The molecule has 1 aromatic rings. The average Bonchev–Trinajstić information content (AvgIpc) is 2.47. The largest absolute Gasteiger partial charge is 0.384 e. The van der Waals surface area contributed by atoms with Gasteiger partial charge in [-0.15, -0.1) is 0 Å². The number of urea groups is 1. The quantitative estimate of drug-likeness (QED) is 0.771. The minimum atomic E-state index is -0.147. The topological polar surface area (TPSA) is 52.6 Å². The van der Waals surface area contributed by atoms with Gasteiger partial charge in [-0.1, -0.05) is 18.8 Å². The van der Waals surface area contributed by atoms with Gasteiger partial charge < -0.3 is 15.3 Å². The van der Waals surface area contributed by atoms with Gasteiger partial charge in [0, 0.05) is 24.3 Å². The molecule has 0 spiro atoms. The zero-order valence-corrected chi connectivity index (χ0v) is 11.7. The summed E-state index contributed by atoms with van der Waals surface area (Å²) < 4.78 is 0. The van der Waals surface area contributed by atoms with E-state index >= 15 is 0 Å². The van der Waals surface area contributed by atoms with Gasteiger partial charge in [0.25, 0.3) is 0 Å². The van der Waals surface area contributed by atoms with Crippen molar-refractivity contribution in [1.82, 2.24) is 4.90 Å². The van der Waals surface area contributed by atoms with Crippen molar-refractivity contribution < 1.29 is 9.90 Å². The minimum Gasteiger partial charge on any atom is -0.384 e. The van der Waals surface area contributed by atoms with Crippen molar-refractivity contribution in [3.05, 3.63) is 29.8 Å². The second kappa shape index (κ2) is 6.97. The van der Waals surface area contributed by atoms with Gasteiger partial charge in [-0.05, 0) is 43.0 Å². The van der Waals surface area contributed by atoms with Gasteiger partial charge in [0.1, 0.15) is 6.61 Å². The van der Waals surface area contributed by atoms with E-state index in [1.807, 2.05) is 29.2 Å². The molecule has 0 bridgehead atoms. The third-order valence-electron chi connectivity index (χ3n) is 3.52. The van der Waals surface area contributed by atoms with Crippen LogP contribution in [0.1, 0.15) is 25.3 Å². The van der Waals surface area contributed by atoms with Gasteiger partial charge >= 0.3 is 6.03 Å². The molecule has 0 aliphatic carbocycles. The van der Waals surface area contributed by atoms with Crippen LogP contribution in [0.15, 0.2) is 24.3 Å². The normalized spacial score (nSPS) is 15.4. The highest BCUT2D eigenvalue weighted by atomic mass is 16.2. The Morgan fingerprint density at radius 3 is 2.60 bits per heavy atom. The maximum Gasteiger partial charge on any atom is 0.321 e. The molecular formula is C16H20N2O2. The van der Waals surface area contributed by atoms with Crippen LogP contribution in [0.4, 0.5) is 10.5 Å². The number of piperidine rings is 1. The summed E-state index contributed by atoms with van der Waals surface area (Å²) in [5.41, 5.74) is 1.59. The van der Waals surface area contributed by atoms with E-state index in [9.17, 15) is 4.79 Å². The molecule has 1 aromatic carbocycles. The number of aliphatic hydroxyl groups excluding tert-OH is 1. The molecule has 2 amide bonds. The zero-order valence-electron chi connectivity index (χ0n) is 11.7. The standard InChI is InChI=1S/C16H20N2O2/c1-13-8-10-18(11-9-13)16(20)17-15-6-4-14(5-7-15)3-2-12-19/h4-7,13,19H,8-12H2,1H3,(H,17,20). The highest BCUT2D eigenvalue weighted by Crippen LogP contribution is 2.17. The Morgan fingerprint density at radius 2 is 2.00 bits per heavy atom. The Hall–Kier alpha value is -1.99. The number of hydrogen-bond acceptors (Lipinski definition) is 2. The Balaban J connectivity index is 1.91. The lowest BCUT2D eigenvalue weighted by Crippen LogP contribution is -2.40. The van der Waals surface area contributed by atoms with E-state index < -0.39 is 0 Å². The predicted octanol–water partition coefficient (Wildman–Crippen LogP) is 2.29. The van der Waals surface area contributed by atoms with Crippen LogP contribution in [0.5, 0.6) is 0 Å². The summed E-state index contributed by atoms with van der Waals surface area (Å²) in [7, 11) is 0. The van der Waals surface area contributed by atoms with Gasteiger partial charge in [0.15, 0.2) is 0 Å². The SMILES string of the molecule is CC1CCN(C(=O)Nc2ccc(C#CCO)cc2)CC1. The maximum absolute atomic E-state index is 12.1. The molecule has 20 heavy (non-hydrogen) atoms. The first kappa shape index (κ1) is 14.4. The van der Waals surface area contributed by atoms with Crippen molar-refractivity contribution in [2.75, 3.05) is 25.0 Å². The molecule has 4 heteroatoms. The number of anilines is 1. The molecule has 1 heterocycles. The molecular weight excluding hydrogens is 252 g/mol. The number of hydrogen-bond donors (Lipinski definition) is 2. The Morgan fingerprint density at radius 1 is 1.35 bits per heavy atom. The number of rotatable bonds is 1. The molecule has 0 unspecified atom stereocenters. The molecule has 0 saturated carbocycles. The second-order valence-corrected chi connectivity index (χ2v) is 5.14. The van der Waals surface area contributed by atoms with E-state index in [1.165, 1.54) is 0 Å². The van der Waals surface area contributed by atoms with E-state index in [1.54, 1.807) is 0 Å². The zero-order chi connectivity index (χ0) is 14.4. The Labute approximate surface area is 119 Å². The van der Waals surface area contributed by atoms with Gasteiger partial charge in [0.05, 0.1) is 0 Å². The highest BCUT2D eigenvalue weighted by Gasteiger charge is 2.19. The van der Waals surface area contributed by atoms with E-state index in [-0.39, 0.29) is 12.6 Å². The third-order valence-corrected chi connectivity index (χ3v) is 3.52. The summed E-state index contributed by atoms with van der Waals surface area (Å²) in [6, 6.07) is 7.27. The van der Waals surface area contributed by atoms with Crippen LogP contribution in [0.2, 0.25) is 0 Å². The fraction of sp³-hybridized carbons (Fsp3) is 0.438. The van der Waals surface area contributed by atoms with Gasteiger partial charge in [-0.25, -0.2) is 4.79 Å². The average molecular weight is 272 g/mol. The Kier molecular flexibility index (Phi) is 5.03. The summed E-state index contributed by atoms with van der Waals surface area (Å²) in [6.07, 6.45) is 2.15. The first-order chi connectivity index (χ1) is 9.69. The summed E-state index contributed by atoms with van der Waals surface area (Å²) in [4.78, 5) is 13.9. The van der Waals surface area contributed by atoms with Gasteiger partial charge in [-0.2, -0.15) is 0 Å². The lowest BCUT2D eigenvalue weighted by Gasteiger charge is -2.30. The molecule has 1 aliphatic heterocycles. The van der Waals surface area contributed by atoms with Gasteiger partial charge in [-0.3, -0.25) is 0 Å². The monoisotopic (exact) mass is 272 g/mol. The summed E-state index contributed by atoms with van der Waals surface area (Å²) in [5, 5.41) is 11.5. The number of aliphatic hydroxyl groups is 1. The van der Waals surface area contributed by atoms with E-state index in [4.69, 9.17) is 5.11 Å². The van der Waals surface area contributed by atoms with E-state index in [0.29, 0.717) is 5.92 Å². The van der Waals surface area contributed by atoms with Crippen molar-refractivity contribution in [2.24, 2.45) is 5.92 Å². The molecule has 1 aliphatic rings. The maximum atomic E-state index is 12.1. The number of nitrogens with one attached hydrogen (secondary N) is 1. The molecule has 1 saturated heterocycles. The first-order valence-electron chi connectivity index (χ1n) is 6.95. The van der Waals surface area contributed by atoms with Crippen LogP contribution in [0, 0.1) is 17.8 Å². The summed E-state index contributed by atoms with van der Waals surface area (Å²) in [6.45, 7) is 3.73. The molecule has 2 N–H and O–H groups in total. The fourth-order valence-corrected chi connectivity index (χ4v) is 2.19. The predicted molar refractivity (Wildman–Crippen MR) is 79.4 cm³/mol. The number of carbonyl (C=O) groups excluding carboxylic acids is 1. The van der Waals surface area contributed by atoms with Crippen LogP contribution in [0.3, 0.4) is 0 Å². The fourth-order valence-electron chi connectivity index (χ4n) is 2.19. The molecule has 4 nitrogen and oxygen atoms in total. The van der Waals surface area contributed by atoms with Crippen molar-refractivity contribution in [1.29, 1.82) is 0 Å². The number of benzene rings is 1. The van der Waals surface area contributed by atoms with Gasteiger partial charge in [0.2, 0.25) is 0 Å². The summed E-state index contributed by atoms with van der Waals surface area (Å²) in [5.74, 6) is 6.12. The van der Waals surface area contributed by atoms with Crippen LogP contribution < -0.4 is 5.32 Å². The highest BCUT2D eigenvalue weighted by molar-refractivity contribution is 5.89. The number of likely N-dealkylation sites (tertiary alicyclic amines) is 1. The number of carbonyl (C=O) groups is 1. The molecule has 1 fully saturated rings. The molecule has 2 rings (SSSR count). The lowest BCUT2D eigenvalue weighted by molar-refractivity contribution is 0.186. The number of nitrogens with zero attached hydrogens (tertiary/aromatic N) is 1. The van der Waals surface area contributed by atoms with Crippen molar-refractivity contribution >= 4 is 11.7 Å². The smallest absolute Gasteiger partial charge is 0.321 e. The summed E-state index contributed by atoms with van der Waals surface area (Å²) >= 11 is 0. The molecule has 0 radical (unpaired) electrons. The molecule has 0 aromatic heterocycles. The van der Waals surface area contributed by atoms with Crippen molar-refractivity contribution in [3.8, 4) is 11.8 Å². The van der Waals surface area contributed by atoms with Crippen LogP contribution >= 0.6 is 0 Å². The number of amides is 2. The Bertz CT molecular complexity index is 506. The van der Waals surface area contributed by atoms with Crippen LogP contribution in [-0.2, 0) is 0 Å². The minimum absolute atomic E-state index is 0.0360. The van der Waals surface area contributed by atoms with Crippen LogP contribution in [0.25, 0.3) is 0 Å². The third kappa shape index (κ3) is 4.01.